The van der Waals surface area contributed by atoms with Gasteiger partial charge in [0.05, 0.1) is 5.52 Å². The first kappa shape index (κ1) is 17.9. The molecule has 2 aromatic heterocycles. The minimum absolute atomic E-state index is 0.0827. The Bertz CT molecular complexity index is 928. The fourth-order valence-electron chi connectivity index (χ4n) is 4.05. The number of halogens is 1. The van der Waals surface area contributed by atoms with Crippen molar-refractivity contribution < 1.29 is 4.79 Å². The van der Waals surface area contributed by atoms with Crippen molar-refractivity contribution in [1.82, 2.24) is 9.97 Å². The second-order valence-corrected chi connectivity index (χ2v) is 7.71. The van der Waals surface area contributed by atoms with Crippen LogP contribution in [0.3, 0.4) is 0 Å². The molecule has 4 nitrogen and oxygen atoms in total. The predicted molar refractivity (Wildman–Crippen MR) is 109 cm³/mol. The summed E-state index contributed by atoms with van der Waals surface area (Å²) in [7, 11) is 0. The zero-order valence-corrected chi connectivity index (χ0v) is 15.8. The summed E-state index contributed by atoms with van der Waals surface area (Å²) in [5.74, 6) is 1.05. The highest BCUT2D eigenvalue weighted by Gasteiger charge is 2.25. The summed E-state index contributed by atoms with van der Waals surface area (Å²) in [5, 5.41) is 4.80. The van der Waals surface area contributed by atoms with Gasteiger partial charge in [-0.1, -0.05) is 11.6 Å². The Hall–Kier alpha value is -2.46. The van der Waals surface area contributed by atoms with Gasteiger partial charge in [-0.3, -0.25) is 14.8 Å². The van der Waals surface area contributed by atoms with Gasteiger partial charge in [0.2, 0.25) is 5.91 Å². The van der Waals surface area contributed by atoms with Crippen LogP contribution in [0.5, 0.6) is 0 Å². The number of amides is 1. The van der Waals surface area contributed by atoms with Gasteiger partial charge in [0.25, 0.3) is 0 Å². The van der Waals surface area contributed by atoms with E-state index in [4.69, 9.17) is 11.6 Å². The first-order valence-corrected chi connectivity index (χ1v) is 9.81. The molecule has 0 spiro atoms. The molecule has 0 radical (unpaired) electrons. The van der Waals surface area contributed by atoms with E-state index in [-0.39, 0.29) is 5.91 Å². The molecule has 1 fully saturated rings. The molecule has 4 rings (SSSR count). The third-order valence-electron chi connectivity index (χ3n) is 5.47. The highest BCUT2D eigenvalue weighted by molar-refractivity contribution is 6.30. The molecule has 1 N–H and O–H groups in total. The van der Waals surface area contributed by atoms with Crippen LogP contribution < -0.4 is 5.32 Å². The van der Waals surface area contributed by atoms with E-state index in [2.05, 4.69) is 21.4 Å². The first-order chi connectivity index (χ1) is 13.2. The fourth-order valence-corrected chi connectivity index (χ4v) is 4.18. The maximum absolute atomic E-state index is 12.3. The predicted octanol–water partition coefficient (Wildman–Crippen LogP) is 5.59. The van der Waals surface area contributed by atoms with Crippen LogP contribution in [-0.2, 0) is 4.79 Å². The quantitative estimate of drug-likeness (QED) is 0.643. The number of fused-ring (bicyclic) bond motifs is 1. The van der Waals surface area contributed by atoms with Crippen molar-refractivity contribution in [2.24, 2.45) is 5.92 Å². The normalized spacial score (nSPS) is 19.7. The summed E-state index contributed by atoms with van der Waals surface area (Å²) in [6, 6.07) is 11.3. The molecule has 0 bridgehead atoms. The zero-order chi connectivity index (χ0) is 18.6. The number of hydrogen-bond acceptors (Lipinski definition) is 3. The van der Waals surface area contributed by atoms with E-state index in [0.717, 1.165) is 42.3 Å². The fraction of sp³-hybridized carbons (Fsp3) is 0.318. The zero-order valence-electron chi connectivity index (χ0n) is 15.1. The van der Waals surface area contributed by atoms with Gasteiger partial charge in [0, 0.05) is 41.1 Å². The van der Waals surface area contributed by atoms with Crippen molar-refractivity contribution in [3.05, 3.63) is 65.6 Å². The summed E-state index contributed by atoms with van der Waals surface area (Å²) in [6.07, 6.45) is 10.5. The Balaban J connectivity index is 1.34. The average molecular weight is 380 g/mol. The first-order valence-electron chi connectivity index (χ1n) is 9.43. The van der Waals surface area contributed by atoms with E-state index in [1.54, 1.807) is 18.3 Å². The molecule has 2 heterocycles. The van der Waals surface area contributed by atoms with Gasteiger partial charge in [0.1, 0.15) is 0 Å². The summed E-state index contributed by atoms with van der Waals surface area (Å²) in [4.78, 5) is 21.0. The van der Waals surface area contributed by atoms with Gasteiger partial charge in [-0.15, -0.1) is 0 Å². The number of pyridine rings is 2. The van der Waals surface area contributed by atoms with Gasteiger partial charge < -0.3 is 5.32 Å². The lowest BCUT2D eigenvalue weighted by atomic mass is 9.77. The van der Waals surface area contributed by atoms with E-state index < -0.39 is 0 Å². The minimum atomic E-state index is 0.0827. The van der Waals surface area contributed by atoms with Crippen molar-refractivity contribution in [1.29, 1.82) is 0 Å². The van der Waals surface area contributed by atoms with Crippen LogP contribution in [0.15, 0.2) is 55.0 Å². The number of benzene rings is 1. The van der Waals surface area contributed by atoms with E-state index in [1.165, 1.54) is 5.56 Å². The number of nitrogens with one attached hydrogen (secondary N) is 1. The molecule has 27 heavy (non-hydrogen) atoms. The summed E-state index contributed by atoms with van der Waals surface area (Å²) < 4.78 is 0. The molecule has 1 aliphatic carbocycles. The average Bonchev–Trinajstić information content (AvgIpc) is 2.70. The van der Waals surface area contributed by atoms with Crippen molar-refractivity contribution in [3.8, 4) is 0 Å². The van der Waals surface area contributed by atoms with Crippen LogP contribution in [0.25, 0.3) is 10.9 Å². The lowest BCUT2D eigenvalue weighted by Gasteiger charge is -2.29. The number of carbonyl (C=O) groups is 1. The van der Waals surface area contributed by atoms with E-state index in [1.807, 2.05) is 30.6 Å². The number of carbonyl (C=O) groups excluding carboxylic acids is 1. The van der Waals surface area contributed by atoms with Gasteiger partial charge in [-0.25, -0.2) is 0 Å². The minimum Gasteiger partial charge on any atom is -0.326 e. The molecule has 5 heteroatoms. The molecule has 1 amide bonds. The Morgan fingerprint density at radius 2 is 1.81 bits per heavy atom. The van der Waals surface area contributed by atoms with Crippen molar-refractivity contribution in [2.75, 3.05) is 5.32 Å². The maximum Gasteiger partial charge on any atom is 0.224 e. The van der Waals surface area contributed by atoms with Crippen LogP contribution in [0.1, 0.15) is 43.6 Å². The monoisotopic (exact) mass is 379 g/mol. The van der Waals surface area contributed by atoms with Gasteiger partial charge in [-0.05, 0) is 79.5 Å². The third kappa shape index (κ3) is 4.28. The Kier molecular flexibility index (Phi) is 5.35. The molecule has 1 saturated carbocycles. The highest BCUT2D eigenvalue weighted by atomic mass is 35.5. The lowest BCUT2D eigenvalue weighted by Crippen LogP contribution is -2.20. The maximum atomic E-state index is 12.3. The topological polar surface area (TPSA) is 54.9 Å². The second kappa shape index (κ2) is 8.05. The molecule has 0 saturated heterocycles. The Morgan fingerprint density at radius 1 is 1.04 bits per heavy atom. The number of aromatic nitrogens is 2. The number of rotatable bonds is 4. The summed E-state index contributed by atoms with van der Waals surface area (Å²) in [5.41, 5.74) is 3.15. The van der Waals surface area contributed by atoms with Crippen molar-refractivity contribution in [3.63, 3.8) is 0 Å². The van der Waals surface area contributed by atoms with Gasteiger partial charge >= 0.3 is 0 Å². The van der Waals surface area contributed by atoms with E-state index in [9.17, 15) is 4.79 Å². The standard InChI is InChI=1S/C22H22ClN3O/c23-17-5-7-18(8-6-17)26-22(27)13-15-1-3-16(4-2-15)19-9-12-25-21-10-11-24-14-20(19)21/h5-12,14-16H,1-4,13H2,(H,26,27). The van der Waals surface area contributed by atoms with Crippen LogP contribution in [0.4, 0.5) is 5.69 Å². The second-order valence-electron chi connectivity index (χ2n) is 7.27. The third-order valence-corrected chi connectivity index (χ3v) is 5.72. The number of hydrogen-bond donors (Lipinski definition) is 1. The number of anilines is 1. The van der Waals surface area contributed by atoms with Crippen LogP contribution >= 0.6 is 11.6 Å². The molecular weight excluding hydrogens is 358 g/mol. The molecule has 3 aromatic rings. The summed E-state index contributed by atoms with van der Waals surface area (Å²) in [6.45, 7) is 0. The van der Waals surface area contributed by atoms with Crippen LogP contribution in [0, 0.1) is 5.92 Å². The van der Waals surface area contributed by atoms with Crippen LogP contribution in [0.2, 0.25) is 5.02 Å². The van der Waals surface area contributed by atoms with Crippen LogP contribution in [-0.4, -0.2) is 15.9 Å². The van der Waals surface area contributed by atoms with Crippen molar-refractivity contribution >= 4 is 34.1 Å². The van der Waals surface area contributed by atoms with Gasteiger partial charge in [-0.2, -0.15) is 0 Å². The molecule has 1 aromatic carbocycles. The molecule has 0 aliphatic heterocycles. The smallest absolute Gasteiger partial charge is 0.224 e. The molecule has 0 unspecified atom stereocenters. The molecule has 1 aliphatic rings. The van der Waals surface area contributed by atoms with Gasteiger partial charge in [0.15, 0.2) is 0 Å². The SMILES string of the molecule is O=C(CC1CCC(c2ccnc3ccncc23)CC1)Nc1ccc(Cl)cc1. The largest absolute Gasteiger partial charge is 0.326 e. The lowest BCUT2D eigenvalue weighted by molar-refractivity contribution is -0.117. The van der Waals surface area contributed by atoms with Crippen molar-refractivity contribution in [2.45, 2.75) is 38.0 Å². The molecule has 138 valence electrons. The van der Waals surface area contributed by atoms with E-state index in [0.29, 0.717) is 23.3 Å². The van der Waals surface area contributed by atoms with E-state index >= 15 is 0 Å². The Morgan fingerprint density at radius 3 is 2.59 bits per heavy atom. The number of nitrogens with zero attached hydrogens (tertiary/aromatic N) is 2. The Labute approximate surface area is 164 Å². The molecule has 0 atom stereocenters. The summed E-state index contributed by atoms with van der Waals surface area (Å²) >= 11 is 5.88. The molecular formula is C22H22ClN3O. The highest BCUT2D eigenvalue weighted by Crippen LogP contribution is 2.39.